The first-order valence-corrected chi connectivity index (χ1v) is 12.3. The number of anilines is 1. The van der Waals surface area contributed by atoms with Crippen molar-refractivity contribution < 1.29 is 14.3 Å². The number of carbonyl (C=O) groups is 2. The third-order valence-electron chi connectivity index (χ3n) is 6.61. The number of nitrogens with zero attached hydrogens (tertiary/aromatic N) is 3. The second-order valence-electron chi connectivity index (χ2n) is 9.09. The highest BCUT2D eigenvalue weighted by molar-refractivity contribution is 7.16. The highest BCUT2D eigenvalue weighted by Gasteiger charge is 2.32. The quantitative estimate of drug-likeness (QED) is 0.755. The van der Waals surface area contributed by atoms with E-state index in [1.165, 1.54) is 4.88 Å². The van der Waals surface area contributed by atoms with E-state index in [1.807, 2.05) is 18.7 Å². The number of amides is 2. The smallest absolute Gasteiger partial charge is 0.226 e. The lowest BCUT2D eigenvalue weighted by molar-refractivity contribution is -0.149. The van der Waals surface area contributed by atoms with Crippen molar-refractivity contribution in [3.05, 3.63) is 16.0 Å². The summed E-state index contributed by atoms with van der Waals surface area (Å²) in [5.41, 5.74) is 1.80. The molecule has 31 heavy (non-hydrogen) atoms. The summed E-state index contributed by atoms with van der Waals surface area (Å²) in [5, 5.41) is 13.2. The Kier molecular flexibility index (Phi) is 6.95. The molecule has 8 heteroatoms. The molecule has 1 N–H and O–H groups in total. The summed E-state index contributed by atoms with van der Waals surface area (Å²) in [7, 11) is 0. The summed E-state index contributed by atoms with van der Waals surface area (Å²) in [5.74, 6) is 0.300. The van der Waals surface area contributed by atoms with Gasteiger partial charge in [-0.25, -0.2) is 0 Å². The van der Waals surface area contributed by atoms with Crippen LogP contribution < -0.4 is 5.32 Å². The van der Waals surface area contributed by atoms with E-state index in [1.54, 1.807) is 11.3 Å². The van der Waals surface area contributed by atoms with Crippen molar-refractivity contribution in [2.45, 2.75) is 64.6 Å². The fourth-order valence-corrected chi connectivity index (χ4v) is 6.33. The van der Waals surface area contributed by atoms with Gasteiger partial charge in [0.25, 0.3) is 0 Å². The van der Waals surface area contributed by atoms with Crippen molar-refractivity contribution in [2.75, 3.05) is 38.0 Å². The molecule has 2 fully saturated rings. The maximum Gasteiger partial charge on any atom is 0.226 e. The molecule has 2 unspecified atom stereocenters. The molecule has 3 aliphatic rings. The fourth-order valence-electron chi connectivity index (χ4n) is 5.08. The zero-order chi connectivity index (χ0) is 22.0. The van der Waals surface area contributed by atoms with Gasteiger partial charge in [-0.3, -0.25) is 9.59 Å². The molecule has 168 valence electrons. The maximum atomic E-state index is 12.9. The zero-order valence-electron chi connectivity index (χ0n) is 18.5. The van der Waals surface area contributed by atoms with Gasteiger partial charge in [0.15, 0.2) is 0 Å². The topological polar surface area (TPSA) is 85.7 Å². The minimum Gasteiger partial charge on any atom is -0.372 e. The Labute approximate surface area is 188 Å². The van der Waals surface area contributed by atoms with Crippen LogP contribution in [0.2, 0.25) is 0 Å². The third kappa shape index (κ3) is 5.11. The van der Waals surface area contributed by atoms with Crippen LogP contribution in [0, 0.1) is 17.2 Å². The standard InChI is InChI=1S/C23H32N4O3S/c1-15-13-27(14-16(2)30-15)23(29)17-6-9-26(10-7-17)11-8-21(28)25-22-19(12-24)18-4-3-5-20(18)31-22/h15-17H,3-11,13-14H2,1-2H3,(H,25,28). The number of nitrogens with one attached hydrogen (secondary N) is 1. The average molecular weight is 445 g/mol. The molecule has 1 aliphatic carbocycles. The number of nitriles is 1. The minimum atomic E-state index is -0.0362. The molecule has 1 aromatic heterocycles. The highest BCUT2D eigenvalue weighted by atomic mass is 32.1. The van der Waals surface area contributed by atoms with E-state index in [0.29, 0.717) is 31.6 Å². The molecular formula is C23H32N4O3S. The fraction of sp³-hybridized carbons (Fsp3) is 0.696. The molecule has 2 atom stereocenters. The number of ether oxygens (including phenoxy) is 1. The van der Waals surface area contributed by atoms with Crippen LogP contribution in [0.4, 0.5) is 5.00 Å². The molecule has 0 aromatic carbocycles. The van der Waals surface area contributed by atoms with E-state index in [4.69, 9.17) is 4.74 Å². The van der Waals surface area contributed by atoms with Gasteiger partial charge in [0.2, 0.25) is 11.8 Å². The van der Waals surface area contributed by atoms with E-state index in [9.17, 15) is 14.9 Å². The van der Waals surface area contributed by atoms with Crippen LogP contribution in [0.1, 0.15) is 55.5 Å². The predicted molar refractivity (Wildman–Crippen MR) is 120 cm³/mol. The second kappa shape index (κ2) is 9.68. The molecule has 0 bridgehead atoms. The van der Waals surface area contributed by atoms with E-state index in [-0.39, 0.29) is 29.9 Å². The molecule has 0 saturated carbocycles. The van der Waals surface area contributed by atoms with Crippen molar-refractivity contribution in [2.24, 2.45) is 5.92 Å². The first-order chi connectivity index (χ1) is 14.9. The highest BCUT2D eigenvalue weighted by Crippen LogP contribution is 2.38. The molecular weight excluding hydrogens is 412 g/mol. The summed E-state index contributed by atoms with van der Waals surface area (Å²) in [4.78, 5) is 30.9. The molecule has 2 amide bonds. The van der Waals surface area contributed by atoms with Crippen LogP contribution in [0.25, 0.3) is 0 Å². The van der Waals surface area contributed by atoms with Crippen LogP contribution in [0.15, 0.2) is 0 Å². The average Bonchev–Trinajstić information content (AvgIpc) is 3.32. The Hall–Kier alpha value is -1.95. The number of piperidine rings is 1. The maximum absolute atomic E-state index is 12.9. The van der Waals surface area contributed by atoms with Gasteiger partial charge in [-0.2, -0.15) is 5.26 Å². The van der Waals surface area contributed by atoms with Gasteiger partial charge in [-0.05, 0) is 64.6 Å². The monoisotopic (exact) mass is 444 g/mol. The predicted octanol–water partition coefficient (Wildman–Crippen LogP) is 2.78. The van der Waals surface area contributed by atoms with Crippen molar-refractivity contribution in [1.29, 1.82) is 5.26 Å². The number of rotatable bonds is 5. The lowest BCUT2D eigenvalue weighted by atomic mass is 9.94. The summed E-state index contributed by atoms with van der Waals surface area (Å²) >= 11 is 1.56. The zero-order valence-corrected chi connectivity index (χ0v) is 19.3. The minimum absolute atomic E-state index is 0.0362. The van der Waals surface area contributed by atoms with Crippen LogP contribution >= 0.6 is 11.3 Å². The number of aryl methyl sites for hydroxylation is 1. The van der Waals surface area contributed by atoms with Crippen molar-refractivity contribution in [1.82, 2.24) is 9.80 Å². The lowest BCUT2D eigenvalue weighted by Gasteiger charge is -2.39. The summed E-state index contributed by atoms with van der Waals surface area (Å²) in [6.45, 7) is 7.78. The molecule has 4 rings (SSSR count). The van der Waals surface area contributed by atoms with Gasteiger partial charge in [0.1, 0.15) is 11.1 Å². The van der Waals surface area contributed by atoms with Gasteiger partial charge < -0.3 is 19.9 Å². The van der Waals surface area contributed by atoms with Crippen LogP contribution in [-0.2, 0) is 27.2 Å². The number of morpholine rings is 1. The van der Waals surface area contributed by atoms with E-state index >= 15 is 0 Å². The van der Waals surface area contributed by atoms with Crippen molar-refractivity contribution in [3.63, 3.8) is 0 Å². The second-order valence-corrected chi connectivity index (χ2v) is 10.2. The number of likely N-dealkylation sites (tertiary alicyclic amines) is 1. The third-order valence-corrected chi connectivity index (χ3v) is 7.82. The Morgan fingerprint density at radius 1 is 1.19 bits per heavy atom. The normalized spacial score (nSPS) is 24.6. The van der Waals surface area contributed by atoms with Crippen LogP contribution in [0.3, 0.4) is 0 Å². The molecule has 0 radical (unpaired) electrons. The molecule has 7 nitrogen and oxygen atoms in total. The number of hydrogen-bond donors (Lipinski definition) is 1. The molecule has 1 aromatic rings. The van der Waals surface area contributed by atoms with Crippen LogP contribution in [-0.4, -0.2) is 66.5 Å². The number of carbonyl (C=O) groups excluding carboxylic acids is 2. The number of hydrogen-bond acceptors (Lipinski definition) is 6. The van der Waals surface area contributed by atoms with E-state index in [2.05, 4.69) is 16.3 Å². The Balaban J connectivity index is 1.21. The van der Waals surface area contributed by atoms with Crippen molar-refractivity contribution >= 4 is 28.2 Å². The lowest BCUT2D eigenvalue weighted by Crippen LogP contribution is -2.51. The van der Waals surface area contributed by atoms with E-state index in [0.717, 1.165) is 55.8 Å². The summed E-state index contributed by atoms with van der Waals surface area (Å²) < 4.78 is 5.74. The summed E-state index contributed by atoms with van der Waals surface area (Å²) in [6.07, 6.45) is 5.35. The SMILES string of the molecule is CC1CN(C(=O)C2CCN(CCC(=O)Nc3sc4c(c3C#N)CCC4)CC2)CC(C)O1. The van der Waals surface area contributed by atoms with Gasteiger partial charge in [0.05, 0.1) is 17.8 Å². The van der Waals surface area contributed by atoms with Crippen LogP contribution in [0.5, 0.6) is 0 Å². The number of thiophene rings is 1. The first kappa shape index (κ1) is 22.3. The molecule has 3 heterocycles. The van der Waals surface area contributed by atoms with Gasteiger partial charge >= 0.3 is 0 Å². The summed E-state index contributed by atoms with van der Waals surface area (Å²) in [6, 6.07) is 2.28. The number of fused-ring (bicyclic) bond motifs is 1. The molecule has 2 aliphatic heterocycles. The van der Waals surface area contributed by atoms with Gasteiger partial charge in [0, 0.05) is 36.9 Å². The molecule has 0 spiro atoms. The van der Waals surface area contributed by atoms with Gasteiger partial charge in [-0.1, -0.05) is 0 Å². The molecule has 2 saturated heterocycles. The largest absolute Gasteiger partial charge is 0.372 e. The Morgan fingerprint density at radius 3 is 2.58 bits per heavy atom. The Morgan fingerprint density at radius 2 is 1.90 bits per heavy atom. The first-order valence-electron chi connectivity index (χ1n) is 11.5. The Bertz CT molecular complexity index is 859. The van der Waals surface area contributed by atoms with Gasteiger partial charge in [-0.15, -0.1) is 11.3 Å². The van der Waals surface area contributed by atoms with Crippen molar-refractivity contribution in [3.8, 4) is 6.07 Å². The van der Waals surface area contributed by atoms with E-state index < -0.39 is 0 Å².